The number of amides is 1. The van der Waals surface area contributed by atoms with Gasteiger partial charge in [-0.3, -0.25) is 9.69 Å². The normalized spacial score (nSPS) is 25.7. The van der Waals surface area contributed by atoms with E-state index in [2.05, 4.69) is 64.2 Å². The van der Waals surface area contributed by atoms with Gasteiger partial charge in [0.25, 0.3) is 0 Å². The first-order chi connectivity index (χ1) is 15.5. The molecule has 1 saturated carbocycles. The maximum atomic E-state index is 11.5. The Labute approximate surface area is 189 Å². The van der Waals surface area contributed by atoms with E-state index in [-0.39, 0.29) is 11.9 Å². The number of carbonyl (C=O) groups is 1. The Morgan fingerprint density at radius 2 is 1.78 bits per heavy atom. The van der Waals surface area contributed by atoms with Crippen molar-refractivity contribution in [3.05, 3.63) is 65.5 Å². The molecule has 2 aromatic carbocycles. The van der Waals surface area contributed by atoms with Crippen LogP contribution in [0.25, 0.3) is 11.0 Å². The molecule has 2 heterocycles. The van der Waals surface area contributed by atoms with Gasteiger partial charge < -0.3 is 15.0 Å². The van der Waals surface area contributed by atoms with Crippen LogP contribution in [0.1, 0.15) is 36.7 Å². The summed E-state index contributed by atoms with van der Waals surface area (Å²) in [6.07, 6.45) is 1.15. The van der Waals surface area contributed by atoms with E-state index in [1.54, 1.807) is 0 Å². The molecule has 5 rings (SSSR count). The monoisotopic (exact) mass is 432 g/mol. The molecule has 32 heavy (non-hydrogen) atoms. The number of hydrogen-bond acceptors (Lipinski definition) is 4. The number of aryl methyl sites for hydroxylation is 1. The van der Waals surface area contributed by atoms with Crippen LogP contribution in [0.5, 0.6) is 0 Å². The fraction of sp³-hybridized carbons (Fsp3) is 0.462. The number of benzene rings is 2. The van der Waals surface area contributed by atoms with Crippen molar-refractivity contribution in [1.82, 2.24) is 19.8 Å². The molecule has 0 unspecified atom stereocenters. The predicted molar refractivity (Wildman–Crippen MR) is 125 cm³/mol. The summed E-state index contributed by atoms with van der Waals surface area (Å²) >= 11 is 0. The number of aliphatic hydroxyl groups excluding tert-OH is 1. The van der Waals surface area contributed by atoms with Gasteiger partial charge in [-0.1, -0.05) is 42.0 Å². The number of rotatable bonds is 5. The van der Waals surface area contributed by atoms with E-state index < -0.39 is 6.10 Å². The van der Waals surface area contributed by atoms with Crippen molar-refractivity contribution in [3.8, 4) is 0 Å². The first kappa shape index (κ1) is 21.2. The van der Waals surface area contributed by atoms with Crippen LogP contribution < -0.4 is 5.32 Å². The Balaban J connectivity index is 1.35. The largest absolute Gasteiger partial charge is 0.391 e. The van der Waals surface area contributed by atoms with Gasteiger partial charge in [-0.2, -0.15) is 0 Å². The van der Waals surface area contributed by atoms with Gasteiger partial charge in [0.15, 0.2) is 0 Å². The van der Waals surface area contributed by atoms with Gasteiger partial charge in [-0.25, -0.2) is 4.98 Å². The van der Waals surface area contributed by atoms with E-state index in [0.29, 0.717) is 11.8 Å². The van der Waals surface area contributed by atoms with E-state index in [1.807, 2.05) is 6.07 Å². The van der Waals surface area contributed by atoms with Crippen LogP contribution in [0.15, 0.2) is 48.5 Å². The van der Waals surface area contributed by atoms with Crippen LogP contribution >= 0.6 is 0 Å². The van der Waals surface area contributed by atoms with E-state index in [1.165, 1.54) is 23.6 Å². The highest BCUT2D eigenvalue weighted by Crippen LogP contribution is 2.37. The number of aliphatic hydroxyl groups is 1. The van der Waals surface area contributed by atoms with Gasteiger partial charge in [0, 0.05) is 26.6 Å². The number of nitrogens with one attached hydrogen (secondary N) is 1. The van der Waals surface area contributed by atoms with Crippen molar-refractivity contribution < 1.29 is 9.90 Å². The number of carbonyl (C=O) groups excluding carboxylic acids is 1. The van der Waals surface area contributed by atoms with Crippen molar-refractivity contribution in [2.45, 2.75) is 51.9 Å². The van der Waals surface area contributed by atoms with Crippen LogP contribution in [0, 0.1) is 18.8 Å². The lowest BCUT2D eigenvalue weighted by atomic mass is 9.77. The molecule has 0 radical (unpaired) electrons. The third kappa shape index (κ3) is 4.30. The first-order valence-corrected chi connectivity index (χ1v) is 11.6. The van der Waals surface area contributed by atoms with E-state index in [0.717, 1.165) is 50.4 Å². The molecule has 0 spiro atoms. The molecule has 1 aliphatic carbocycles. The molecule has 2 fully saturated rings. The molecule has 1 saturated heterocycles. The van der Waals surface area contributed by atoms with Gasteiger partial charge in [-0.05, 0) is 49.3 Å². The van der Waals surface area contributed by atoms with Gasteiger partial charge in [0.05, 0.1) is 29.7 Å². The molecule has 6 heteroatoms. The lowest BCUT2D eigenvalue weighted by molar-refractivity contribution is -0.121. The molecule has 2 N–H and O–H groups in total. The summed E-state index contributed by atoms with van der Waals surface area (Å²) in [7, 11) is 0. The van der Waals surface area contributed by atoms with Gasteiger partial charge in [0.1, 0.15) is 5.82 Å². The Morgan fingerprint density at radius 3 is 2.53 bits per heavy atom. The van der Waals surface area contributed by atoms with Crippen molar-refractivity contribution >= 4 is 16.9 Å². The third-order valence-corrected chi connectivity index (χ3v) is 7.17. The number of nitrogens with zero attached hydrogens (tertiary/aromatic N) is 3. The van der Waals surface area contributed by atoms with Crippen LogP contribution in [0.4, 0.5) is 0 Å². The maximum Gasteiger partial charge on any atom is 0.217 e. The second-order valence-corrected chi connectivity index (χ2v) is 9.65. The van der Waals surface area contributed by atoms with Crippen LogP contribution in [0.3, 0.4) is 0 Å². The standard InChI is InChI=1S/C26H32N4O2/c1-17-7-9-19(10-8-17)13-30-24-6-4-3-5-22(24)28-26(30)16-29-14-20-11-23(27-18(2)31)25(32)12-21(20)15-29/h3-10,20-21,23,25,32H,11-16H2,1-2H3,(H,27,31)/t20-,21+,23-,25-/m1/s1. The van der Waals surface area contributed by atoms with Crippen LogP contribution in [0.2, 0.25) is 0 Å². The Bertz CT molecular complexity index is 1110. The number of hydrogen-bond donors (Lipinski definition) is 2. The van der Waals surface area contributed by atoms with E-state index in [4.69, 9.17) is 4.98 Å². The van der Waals surface area contributed by atoms with E-state index in [9.17, 15) is 9.90 Å². The molecule has 168 valence electrons. The van der Waals surface area contributed by atoms with Gasteiger partial charge >= 0.3 is 0 Å². The molecule has 1 aromatic heterocycles. The minimum absolute atomic E-state index is 0.0628. The molecule has 1 aliphatic heterocycles. The number of fused-ring (bicyclic) bond motifs is 2. The fourth-order valence-electron chi connectivity index (χ4n) is 5.57. The minimum atomic E-state index is -0.453. The number of para-hydroxylation sites is 2. The molecule has 2 aliphatic rings. The average Bonchev–Trinajstić information content (AvgIpc) is 3.30. The van der Waals surface area contributed by atoms with Crippen LogP contribution in [-0.4, -0.2) is 50.7 Å². The van der Waals surface area contributed by atoms with Gasteiger partial charge in [0.2, 0.25) is 5.91 Å². The van der Waals surface area contributed by atoms with Crippen molar-refractivity contribution in [3.63, 3.8) is 0 Å². The Kier molecular flexibility index (Phi) is 5.74. The van der Waals surface area contributed by atoms with Crippen molar-refractivity contribution in [2.24, 2.45) is 11.8 Å². The Morgan fingerprint density at radius 1 is 1.06 bits per heavy atom. The summed E-state index contributed by atoms with van der Waals surface area (Å²) in [6.45, 7) is 7.21. The predicted octanol–water partition coefficient (Wildman–Crippen LogP) is 3.10. The molecule has 4 atom stereocenters. The summed E-state index contributed by atoms with van der Waals surface area (Å²) in [5.74, 6) is 2.01. The molecule has 0 bridgehead atoms. The quantitative estimate of drug-likeness (QED) is 0.650. The highest BCUT2D eigenvalue weighted by Gasteiger charge is 2.42. The lowest BCUT2D eigenvalue weighted by Crippen LogP contribution is -2.48. The zero-order valence-electron chi connectivity index (χ0n) is 18.9. The summed E-state index contributed by atoms with van der Waals surface area (Å²) in [4.78, 5) is 19.0. The number of aromatic nitrogens is 2. The molecule has 1 amide bonds. The zero-order valence-corrected chi connectivity index (χ0v) is 18.9. The topological polar surface area (TPSA) is 70.4 Å². The molecule has 6 nitrogen and oxygen atoms in total. The Hall–Kier alpha value is -2.70. The van der Waals surface area contributed by atoms with E-state index >= 15 is 0 Å². The zero-order chi connectivity index (χ0) is 22.2. The maximum absolute atomic E-state index is 11.5. The summed E-state index contributed by atoms with van der Waals surface area (Å²) in [6, 6.07) is 17.0. The smallest absolute Gasteiger partial charge is 0.217 e. The van der Waals surface area contributed by atoms with Crippen LogP contribution in [-0.2, 0) is 17.9 Å². The second kappa shape index (κ2) is 8.68. The van der Waals surface area contributed by atoms with Crippen molar-refractivity contribution in [1.29, 1.82) is 0 Å². The highest BCUT2D eigenvalue weighted by molar-refractivity contribution is 5.76. The minimum Gasteiger partial charge on any atom is -0.391 e. The first-order valence-electron chi connectivity index (χ1n) is 11.6. The average molecular weight is 433 g/mol. The summed E-state index contributed by atoms with van der Waals surface area (Å²) < 4.78 is 2.34. The fourth-order valence-corrected chi connectivity index (χ4v) is 5.57. The second-order valence-electron chi connectivity index (χ2n) is 9.65. The summed E-state index contributed by atoms with van der Waals surface area (Å²) in [5, 5.41) is 13.5. The number of likely N-dealkylation sites (tertiary alicyclic amines) is 1. The highest BCUT2D eigenvalue weighted by atomic mass is 16.3. The van der Waals surface area contributed by atoms with Gasteiger partial charge in [-0.15, -0.1) is 0 Å². The number of imidazole rings is 1. The lowest BCUT2D eigenvalue weighted by Gasteiger charge is -2.35. The third-order valence-electron chi connectivity index (χ3n) is 7.17. The molecular formula is C26H32N4O2. The summed E-state index contributed by atoms with van der Waals surface area (Å²) in [5.41, 5.74) is 4.74. The molecular weight excluding hydrogens is 400 g/mol. The SMILES string of the molecule is CC(=O)N[C@@H]1C[C@@H]2CN(Cc3nc4ccccc4n3Cc3ccc(C)cc3)C[C@@H]2C[C@H]1O. The molecule has 3 aromatic rings. The van der Waals surface area contributed by atoms with Crippen molar-refractivity contribution in [2.75, 3.05) is 13.1 Å².